The molecule has 0 radical (unpaired) electrons. The van der Waals surface area contributed by atoms with Crippen molar-refractivity contribution in [2.45, 2.75) is 13.0 Å². The van der Waals surface area contributed by atoms with E-state index in [1.807, 2.05) is 24.4 Å². The summed E-state index contributed by atoms with van der Waals surface area (Å²) in [5, 5.41) is 9.97. The number of hydrogen-bond donors (Lipinski definition) is 1. The first kappa shape index (κ1) is 17.1. The van der Waals surface area contributed by atoms with Gasteiger partial charge in [-0.3, -0.25) is 15.3 Å². The molecule has 2 aromatic carbocycles. The van der Waals surface area contributed by atoms with E-state index in [0.717, 1.165) is 49.2 Å². The van der Waals surface area contributed by atoms with Gasteiger partial charge < -0.3 is 4.90 Å². The monoisotopic (exact) mass is 368 g/mol. The van der Waals surface area contributed by atoms with Gasteiger partial charge in [-0.25, -0.2) is 0 Å². The number of para-hydroxylation sites is 1. The summed E-state index contributed by atoms with van der Waals surface area (Å²) in [6, 6.07) is 21.0. The van der Waals surface area contributed by atoms with Crippen LogP contribution in [0.5, 0.6) is 0 Å². The minimum absolute atomic E-state index is 0.229. The molecule has 1 atom stereocenters. The van der Waals surface area contributed by atoms with Crippen LogP contribution in [0.2, 0.25) is 0 Å². The highest BCUT2D eigenvalue weighted by Gasteiger charge is 2.33. The van der Waals surface area contributed by atoms with Gasteiger partial charge in [0, 0.05) is 30.9 Å². The largest absolute Gasteiger partial charge is 0.325 e. The second-order valence-electron chi connectivity index (χ2n) is 7.70. The number of rotatable bonds is 3. The number of anilines is 1. The van der Waals surface area contributed by atoms with Gasteiger partial charge in [0.1, 0.15) is 5.84 Å². The summed E-state index contributed by atoms with van der Waals surface area (Å²) in [7, 11) is 0. The number of nitrogens with one attached hydrogen (secondary N) is 1. The number of piperidine rings is 1. The van der Waals surface area contributed by atoms with E-state index in [4.69, 9.17) is 5.41 Å². The molecule has 4 nitrogen and oxygen atoms in total. The van der Waals surface area contributed by atoms with Gasteiger partial charge in [0.15, 0.2) is 0 Å². The van der Waals surface area contributed by atoms with E-state index >= 15 is 0 Å². The molecule has 2 aliphatic rings. The molecule has 0 spiro atoms. The zero-order valence-corrected chi connectivity index (χ0v) is 15.9. The van der Waals surface area contributed by atoms with Crippen LogP contribution in [0.15, 0.2) is 78.5 Å². The Morgan fingerprint density at radius 1 is 1.04 bits per heavy atom. The number of pyridine rings is 1. The summed E-state index contributed by atoms with van der Waals surface area (Å²) in [6.45, 7) is 3.73. The number of likely N-dealkylation sites (tertiary alicyclic amines) is 1. The Balaban J connectivity index is 1.34. The van der Waals surface area contributed by atoms with Crippen molar-refractivity contribution in [2.75, 3.05) is 24.5 Å². The summed E-state index contributed by atoms with van der Waals surface area (Å²) in [4.78, 5) is 9.20. The SMILES string of the molecule is N=C1C2CCN(Cc3ccccc3)CC2=CCN1c1cnc2ccccc2c1. The smallest absolute Gasteiger partial charge is 0.108 e. The van der Waals surface area contributed by atoms with E-state index in [0.29, 0.717) is 5.84 Å². The van der Waals surface area contributed by atoms with E-state index in [1.54, 1.807) is 0 Å². The molecule has 5 rings (SSSR count). The minimum atomic E-state index is 0.229. The van der Waals surface area contributed by atoms with Crippen LogP contribution in [0.1, 0.15) is 12.0 Å². The Kier molecular flexibility index (Phi) is 4.41. The summed E-state index contributed by atoms with van der Waals surface area (Å²) in [5.74, 6) is 0.946. The van der Waals surface area contributed by atoms with Crippen molar-refractivity contribution in [3.63, 3.8) is 0 Å². The fourth-order valence-corrected chi connectivity index (χ4v) is 4.39. The molecule has 0 amide bonds. The molecular formula is C24H24N4. The summed E-state index contributed by atoms with van der Waals surface area (Å²) >= 11 is 0. The lowest BCUT2D eigenvalue weighted by Crippen LogP contribution is -2.47. The molecule has 1 unspecified atom stereocenters. The molecule has 0 aliphatic carbocycles. The highest BCUT2D eigenvalue weighted by atomic mass is 15.2. The number of aromatic nitrogens is 1. The van der Waals surface area contributed by atoms with Gasteiger partial charge in [0.05, 0.1) is 17.4 Å². The maximum atomic E-state index is 8.84. The Labute approximate surface area is 165 Å². The van der Waals surface area contributed by atoms with Crippen molar-refractivity contribution in [1.29, 1.82) is 5.41 Å². The van der Waals surface area contributed by atoms with Gasteiger partial charge in [0.2, 0.25) is 0 Å². The lowest BCUT2D eigenvalue weighted by molar-refractivity contribution is 0.242. The van der Waals surface area contributed by atoms with Crippen molar-refractivity contribution < 1.29 is 0 Å². The third-order valence-corrected chi connectivity index (χ3v) is 5.88. The Hall–Kier alpha value is -2.98. The second-order valence-corrected chi connectivity index (χ2v) is 7.70. The maximum absolute atomic E-state index is 8.84. The van der Waals surface area contributed by atoms with Crippen molar-refractivity contribution in [3.8, 4) is 0 Å². The van der Waals surface area contributed by atoms with Crippen LogP contribution in [-0.4, -0.2) is 35.4 Å². The van der Waals surface area contributed by atoms with Crippen molar-refractivity contribution >= 4 is 22.4 Å². The van der Waals surface area contributed by atoms with Gasteiger partial charge >= 0.3 is 0 Å². The van der Waals surface area contributed by atoms with Crippen LogP contribution in [0, 0.1) is 11.3 Å². The predicted molar refractivity (Wildman–Crippen MR) is 115 cm³/mol. The number of fused-ring (bicyclic) bond motifs is 2. The Morgan fingerprint density at radius 3 is 2.75 bits per heavy atom. The average molecular weight is 368 g/mol. The molecule has 1 N–H and O–H groups in total. The number of amidine groups is 1. The van der Waals surface area contributed by atoms with E-state index in [-0.39, 0.29) is 5.92 Å². The quantitative estimate of drug-likeness (QED) is 0.693. The normalized spacial score (nSPS) is 20.1. The number of hydrogen-bond acceptors (Lipinski definition) is 3. The van der Waals surface area contributed by atoms with Gasteiger partial charge in [-0.15, -0.1) is 0 Å². The molecule has 1 fully saturated rings. The minimum Gasteiger partial charge on any atom is -0.325 e. The third kappa shape index (κ3) is 3.20. The van der Waals surface area contributed by atoms with Crippen LogP contribution in [0.25, 0.3) is 10.9 Å². The Bertz CT molecular complexity index is 1040. The molecular weight excluding hydrogens is 344 g/mol. The van der Waals surface area contributed by atoms with Crippen molar-refractivity contribution in [3.05, 3.63) is 84.1 Å². The van der Waals surface area contributed by atoms with Crippen LogP contribution in [0.3, 0.4) is 0 Å². The fraction of sp³-hybridized carbons (Fsp3) is 0.250. The molecule has 1 aromatic heterocycles. The van der Waals surface area contributed by atoms with Gasteiger partial charge in [0.25, 0.3) is 0 Å². The lowest BCUT2D eigenvalue weighted by atomic mass is 9.86. The predicted octanol–water partition coefficient (Wildman–Crippen LogP) is 4.48. The van der Waals surface area contributed by atoms with E-state index in [9.17, 15) is 0 Å². The Morgan fingerprint density at radius 2 is 1.86 bits per heavy atom. The highest BCUT2D eigenvalue weighted by Crippen LogP contribution is 2.32. The first-order valence-corrected chi connectivity index (χ1v) is 9.94. The number of nitrogens with zero attached hydrogens (tertiary/aromatic N) is 3. The van der Waals surface area contributed by atoms with Crippen LogP contribution in [-0.2, 0) is 6.54 Å². The topological polar surface area (TPSA) is 43.2 Å². The third-order valence-electron chi connectivity index (χ3n) is 5.88. The first-order valence-electron chi connectivity index (χ1n) is 9.94. The first-order chi connectivity index (χ1) is 13.8. The summed E-state index contributed by atoms with van der Waals surface area (Å²) < 4.78 is 0. The maximum Gasteiger partial charge on any atom is 0.108 e. The van der Waals surface area contributed by atoms with Crippen molar-refractivity contribution in [1.82, 2.24) is 9.88 Å². The molecule has 3 aromatic rings. The second kappa shape index (κ2) is 7.21. The van der Waals surface area contributed by atoms with E-state index in [1.165, 1.54) is 11.1 Å². The molecule has 1 saturated heterocycles. The van der Waals surface area contributed by atoms with E-state index in [2.05, 4.69) is 63.3 Å². The molecule has 2 aliphatic heterocycles. The molecule has 3 heterocycles. The zero-order valence-electron chi connectivity index (χ0n) is 15.9. The van der Waals surface area contributed by atoms with Crippen molar-refractivity contribution in [2.24, 2.45) is 5.92 Å². The summed E-state index contributed by atoms with van der Waals surface area (Å²) in [6.07, 6.45) is 5.24. The molecule has 0 bridgehead atoms. The van der Waals surface area contributed by atoms with Gasteiger partial charge in [-0.05, 0) is 36.2 Å². The standard InChI is InChI=1S/C24H24N4/c25-24-22-11-12-27(16-18-6-2-1-3-7-18)17-20(22)10-13-28(24)21-14-19-8-4-5-9-23(19)26-15-21/h1-10,14-15,22,25H,11-13,16-17H2. The van der Waals surface area contributed by atoms with Crippen LogP contribution >= 0.6 is 0 Å². The van der Waals surface area contributed by atoms with E-state index < -0.39 is 0 Å². The van der Waals surface area contributed by atoms with Crippen LogP contribution in [0.4, 0.5) is 5.69 Å². The van der Waals surface area contributed by atoms with Gasteiger partial charge in [-0.2, -0.15) is 0 Å². The average Bonchev–Trinajstić information content (AvgIpc) is 2.74. The van der Waals surface area contributed by atoms with Crippen LogP contribution < -0.4 is 4.90 Å². The zero-order chi connectivity index (χ0) is 18.9. The molecule has 28 heavy (non-hydrogen) atoms. The molecule has 140 valence electrons. The fourth-order valence-electron chi connectivity index (χ4n) is 4.39. The lowest BCUT2D eigenvalue weighted by Gasteiger charge is -2.41. The number of benzene rings is 2. The summed E-state index contributed by atoms with van der Waals surface area (Å²) in [5.41, 5.74) is 4.78. The highest BCUT2D eigenvalue weighted by molar-refractivity contribution is 6.01. The molecule has 0 saturated carbocycles. The van der Waals surface area contributed by atoms with Gasteiger partial charge in [-0.1, -0.05) is 54.6 Å². The molecule has 4 heteroatoms.